The smallest absolute Gasteiger partial charge is 0.270 e. The molecule has 0 atom stereocenters. The van der Waals surface area contributed by atoms with Crippen molar-refractivity contribution >= 4 is 11.6 Å². The Bertz CT molecular complexity index is 995. The maximum absolute atomic E-state index is 13.6. The lowest BCUT2D eigenvalue weighted by atomic mass is 9.89. The van der Waals surface area contributed by atoms with Gasteiger partial charge in [-0.25, -0.2) is 9.37 Å². The number of carbonyl (C=O) groups is 1. The van der Waals surface area contributed by atoms with Crippen molar-refractivity contribution in [1.82, 2.24) is 14.7 Å². The molecule has 0 spiro atoms. The maximum Gasteiger partial charge on any atom is 0.270 e. The number of aliphatic hydroxyl groups is 1. The molecular weight excluding hydrogens is 349 g/mol. The Hall–Kier alpha value is -2.93. The molecule has 2 N–H and O–H groups in total. The third-order valence-corrected chi connectivity index (χ3v) is 4.96. The Kier molecular flexibility index (Phi) is 4.53. The summed E-state index contributed by atoms with van der Waals surface area (Å²) in [4.78, 5) is 16.8. The van der Waals surface area contributed by atoms with E-state index in [0.717, 1.165) is 0 Å². The van der Waals surface area contributed by atoms with Gasteiger partial charge in [0, 0.05) is 36.2 Å². The maximum atomic E-state index is 13.6. The molecular formula is C20H20FN3O3. The van der Waals surface area contributed by atoms with Gasteiger partial charge in [-0.3, -0.25) is 9.20 Å². The highest BCUT2D eigenvalue weighted by Crippen LogP contribution is 2.29. The van der Waals surface area contributed by atoms with Gasteiger partial charge in [-0.2, -0.15) is 0 Å². The average molecular weight is 369 g/mol. The zero-order valence-electron chi connectivity index (χ0n) is 14.9. The lowest BCUT2D eigenvalue weighted by Crippen LogP contribution is -2.49. The second-order valence-corrected chi connectivity index (χ2v) is 6.77. The standard InChI is InChI=1S/C20H20FN3O3/c1-12-16(21)5-2-6-18(12)27-15-8-14(9-15)23-20(26)17-10-22-19-13(11-25)4-3-7-24(17)19/h2-7,10,14-15,25H,8-9,11H2,1H3,(H,23,26)/t14-,15-. The van der Waals surface area contributed by atoms with Crippen molar-refractivity contribution in [2.24, 2.45) is 0 Å². The third-order valence-electron chi connectivity index (χ3n) is 4.96. The summed E-state index contributed by atoms with van der Waals surface area (Å²) in [6, 6.07) is 8.33. The first-order chi connectivity index (χ1) is 13.1. The molecule has 0 aliphatic heterocycles. The first-order valence-electron chi connectivity index (χ1n) is 8.85. The van der Waals surface area contributed by atoms with Crippen molar-refractivity contribution in [3.8, 4) is 5.75 Å². The van der Waals surface area contributed by atoms with Crippen molar-refractivity contribution in [1.29, 1.82) is 0 Å². The quantitative estimate of drug-likeness (QED) is 0.725. The number of nitrogens with one attached hydrogen (secondary N) is 1. The fourth-order valence-corrected chi connectivity index (χ4v) is 3.29. The van der Waals surface area contributed by atoms with Crippen LogP contribution in [0.2, 0.25) is 0 Å². The largest absolute Gasteiger partial charge is 0.490 e. The molecule has 3 aromatic rings. The molecule has 7 heteroatoms. The number of aromatic nitrogens is 2. The van der Waals surface area contributed by atoms with Crippen molar-refractivity contribution < 1.29 is 19.0 Å². The highest BCUT2D eigenvalue weighted by atomic mass is 19.1. The van der Waals surface area contributed by atoms with Crippen LogP contribution in [0.15, 0.2) is 42.7 Å². The summed E-state index contributed by atoms with van der Waals surface area (Å²) in [6.07, 6.45) is 4.54. The van der Waals surface area contributed by atoms with Crippen LogP contribution in [0.4, 0.5) is 4.39 Å². The van der Waals surface area contributed by atoms with E-state index in [-0.39, 0.29) is 30.5 Å². The van der Waals surface area contributed by atoms with Crippen molar-refractivity contribution in [2.45, 2.75) is 38.5 Å². The number of rotatable bonds is 5. The van der Waals surface area contributed by atoms with Gasteiger partial charge in [-0.15, -0.1) is 0 Å². The van der Waals surface area contributed by atoms with Crippen molar-refractivity contribution in [2.75, 3.05) is 0 Å². The molecule has 1 fully saturated rings. The van der Waals surface area contributed by atoms with Crippen molar-refractivity contribution in [3.63, 3.8) is 0 Å². The first-order valence-corrected chi connectivity index (χ1v) is 8.85. The van der Waals surface area contributed by atoms with Gasteiger partial charge >= 0.3 is 0 Å². The molecule has 1 saturated carbocycles. The molecule has 2 aromatic heterocycles. The zero-order chi connectivity index (χ0) is 19.0. The predicted octanol–water partition coefficient (Wildman–Crippen LogP) is 2.61. The number of benzene rings is 1. The summed E-state index contributed by atoms with van der Waals surface area (Å²) < 4.78 is 21.1. The van der Waals surface area contributed by atoms with E-state index in [1.807, 2.05) is 0 Å². The molecule has 4 rings (SSSR count). The zero-order valence-corrected chi connectivity index (χ0v) is 14.9. The molecule has 1 aliphatic rings. The predicted molar refractivity (Wildman–Crippen MR) is 97.2 cm³/mol. The lowest BCUT2D eigenvalue weighted by molar-refractivity contribution is 0.0692. The van der Waals surface area contributed by atoms with Gasteiger partial charge in [0.1, 0.15) is 29.0 Å². The van der Waals surface area contributed by atoms with Crippen LogP contribution in [-0.4, -0.2) is 32.5 Å². The second kappa shape index (κ2) is 7.00. The minimum absolute atomic E-state index is 0.00272. The summed E-state index contributed by atoms with van der Waals surface area (Å²) in [5.74, 6) is 0.0394. The highest BCUT2D eigenvalue weighted by molar-refractivity contribution is 5.93. The van der Waals surface area contributed by atoms with Gasteiger partial charge in [-0.05, 0) is 25.1 Å². The van der Waals surface area contributed by atoms with E-state index in [9.17, 15) is 14.3 Å². The van der Waals surface area contributed by atoms with Gasteiger partial charge in [0.2, 0.25) is 0 Å². The normalized spacial score (nSPS) is 18.9. The number of ether oxygens (including phenoxy) is 1. The molecule has 0 unspecified atom stereocenters. The van der Waals surface area contributed by atoms with E-state index in [4.69, 9.17) is 4.74 Å². The van der Waals surface area contributed by atoms with E-state index in [1.165, 1.54) is 12.3 Å². The number of halogens is 1. The second-order valence-electron chi connectivity index (χ2n) is 6.77. The molecule has 2 heterocycles. The van der Waals surface area contributed by atoms with Crippen LogP contribution in [0, 0.1) is 12.7 Å². The number of pyridine rings is 1. The molecule has 0 saturated heterocycles. The minimum Gasteiger partial charge on any atom is -0.490 e. The number of hydrogen-bond acceptors (Lipinski definition) is 4. The monoisotopic (exact) mass is 369 g/mol. The number of aliphatic hydroxyl groups excluding tert-OH is 1. The summed E-state index contributed by atoms with van der Waals surface area (Å²) in [5, 5.41) is 12.3. The van der Waals surface area contributed by atoms with Crippen LogP contribution in [0.5, 0.6) is 5.75 Å². The molecule has 140 valence electrons. The SMILES string of the molecule is Cc1c(F)cccc1O[C@H]1C[C@H](NC(=O)c2cnc3c(CO)cccn23)C1. The number of nitrogens with zero attached hydrogens (tertiary/aromatic N) is 2. The van der Waals surface area contributed by atoms with E-state index >= 15 is 0 Å². The van der Waals surface area contributed by atoms with Crippen LogP contribution in [0.25, 0.3) is 5.65 Å². The summed E-state index contributed by atoms with van der Waals surface area (Å²) in [7, 11) is 0. The van der Waals surface area contributed by atoms with Crippen LogP contribution in [-0.2, 0) is 6.61 Å². The van der Waals surface area contributed by atoms with Crippen LogP contribution in [0.1, 0.15) is 34.5 Å². The Morgan fingerprint density at radius 3 is 2.96 bits per heavy atom. The molecule has 0 radical (unpaired) electrons. The highest BCUT2D eigenvalue weighted by Gasteiger charge is 2.33. The summed E-state index contributed by atoms with van der Waals surface area (Å²) in [5.41, 5.74) is 2.15. The fourth-order valence-electron chi connectivity index (χ4n) is 3.29. The number of hydrogen-bond donors (Lipinski definition) is 2. The molecule has 27 heavy (non-hydrogen) atoms. The lowest BCUT2D eigenvalue weighted by Gasteiger charge is -2.36. The first kappa shape index (κ1) is 17.5. The summed E-state index contributed by atoms with van der Waals surface area (Å²) in [6.45, 7) is 1.55. The number of carbonyl (C=O) groups excluding carboxylic acids is 1. The molecule has 1 aliphatic carbocycles. The van der Waals surface area contributed by atoms with Crippen molar-refractivity contribution in [3.05, 3.63) is 65.4 Å². The van der Waals surface area contributed by atoms with Gasteiger partial charge in [-0.1, -0.05) is 12.1 Å². The van der Waals surface area contributed by atoms with E-state index in [1.54, 1.807) is 41.8 Å². The molecule has 6 nitrogen and oxygen atoms in total. The Morgan fingerprint density at radius 1 is 1.37 bits per heavy atom. The topological polar surface area (TPSA) is 75.9 Å². The van der Waals surface area contributed by atoms with Crippen LogP contribution < -0.4 is 10.1 Å². The number of fused-ring (bicyclic) bond motifs is 1. The Morgan fingerprint density at radius 2 is 2.19 bits per heavy atom. The van der Waals surface area contributed by atoms with Gasteiger partial charge < -0.3 is 15.2 Å². The fraction of sp³-hybridized carbons (Fsp3) is 0.300. The van der Waals surface area contributed by atoms with E-state index < -0.39 is 0 Å². The number of amides is 1. The van der Waals surface area contributed by atoms with Crippen LogP contribution >= 0.6 is 0 Å². The summed E-state index contributed by atoms with van der Waals surface area (Å²) >= 11 is 0. The van der Waals surface area contributed by atoms with Gasteiger partial charge in [0.25, 0.3) is 5.91 Å². The van der Waals surface area contributed by atoms with Crippen LogP contribution in [0.3, 0.4) is 0 Å². The molecule has 1 aromatic carbocycles. The van der Waals surface area contributed by atoms with Gasteiger partial charge in [0.15, 0.2) is 0 Å². The number of imidazole rings is 1. The molecule has 0 bridgehead atoms. The van der Waals surface area contributed by atoms with Gasteiger partial charge in [0.05, 0.1) is 12.8 Å². The third kappa shape index (κ3) is 3.26. The molecule has 1 amide bonds. The minimum atomic E-state index is -0.286. The van der Waals surface area contributed by atoms with E-state index in [0.29, 0.717) is 41.1 Å². The Labute approximate surface area is 155 Å². The average Bonchev–Trinajstić information content (AvgIpc) is 3.07. The Balaban J connectivity index is 1.38. The van der Waals surface area contributed by atoms with E-state index in [2.05, 4.69) is 10.3 Å².